The van der Waals surface area contributed by atoms with Crippen LogP contribution in [-0.2, 0) is 0 Å². The number of nitrogens with one attached hydrogen (secondary N) is 1. The Hall–Kier alpha value is -1.55. The second kappa shape index (κ2) is 4.62. The number of hydrogen-bond donors (Lipinski definition) is 2. The summed E-state index contributed by atoms with van der Waals surface area (Å²) in [6.07, 6.45) is 0. The normalized spacial score (nSPS) is 11.3. The zero-order valence-electron chi connectivity index (χ0n) is 8.78. The van der Waals surface area contributed by atoms with Gasteiger partial charge in [0.15, 0.2) is 0 Å². The number of nitrogens with zero attached hydrogens (tertiary/aromatic N) is 2. The van der Waals surface area contributed by atoms with Crippen LogP contribution in [0.4, 0.5) is 5.69 Å². The van der Waals surface area contributed by atoms with Crippen molar-refractivity contribution in [2.45, 2.75) is 6.92 Å². The van der Waals surface area contributed by atoms with Crippen LogP contribution >= 0.6 is 0 Å². The Morgan fingerprint density at radius 1 is 1.36 bits per heavy atom. The third-order valence-corrected chi connectivity index (χ3v) is 2.08. The lowest BCUT2D eigenvalue weighted by molar-refractivity contribution is 0.971. The average Bonchev–Trinajstić information content (AvgIpc) is 2.20. The van der Waals surface area contributed by atoms with Crippen molar-refractivity contribution in [3.8, 4) is 0 Å². The molecular formula is C10H16N4. The van der Waals surface area contributed by atoms with Gasteiger partial charge in [0.2, 0.25) is 5.96 Å². The maximum atomic E-state index is 5.33. The Morgan fingerprint density at radius 2 is 1.93 bits per heavy atom. The van der Waals surface area contributed by atoms with E-state index in [9.17, 15) is 0 Å². The van der Waals surface area contributed by atoms with Gasteiger partial charge >= 0.3 is 0 Å². The maximum absolute atomic E-state index is 5.33. The number of rotatable bonds is 1. The summed E-state index contributed by atoms with van der Waals surface area (Å²) in [5.41, 5.74) is 4.82. The van der Waals surface area contributed by atoms with Crippen molar-refractivity contribution in [3.63, 3.8) is 0 Å². The molecule has 76 valence electrons. The van der Waals surface area contributed by atoms with Crippen LogP contribution in [0.3, 0.4) is 0 Å². The summed E-state index contributed by atoms with van der Waals surface area (Å²) >= 11 is 0. The summed E-state index contributed by atoms with van der Waals surface area (Å²) in [7, 11) is 3.60. The lowest BCUT2D eigenvalue weighted by Gasteiger charge is -2.20. The van der Waals surface area contributed by atoms with Gasteiger partial charge in [-0.2, -0.15) is 0 Å². The van der Waals surface area contributed by atoms with Gasteiger partial charge in [-0.05, 0) is 19.1 Å². The molecule has 0 aliphatic heterocycles. The van der Waals surface area contributed by atoms with E-state index in [1.807, 2.05) is 24.1 Å². The van der Waals surface area contributed by atoms with Crippen LogP contribution in [0.15, 0.2) is 29.3 Å². The predicted octanol–water partition coefficient (Wildman–Crippen LogP) is 0.880. The summed E-state index contributed by atoms with van der Waals surface area (Å²) in [6, 6.07) is 8.15. The molecule has 0 radical (unpaired) electrons. The number of benzene rings is 1. The Bertz CT molecular complexity index is 315. The molecule has 3 N–H and O–H groups in total. The van der Waals surface area contributed by atoms with E-state index in [2.05, 4.69) is 29.5 Å². The third-order valence-electron chi connectivity index (χ3n) is 2.08. The minimum absolute atomic E-state index is 0.633. The topological polar surface area (TPSA) is 53.6 Å². The highest BCUT2D eigenvalue weighted by Crippen LogP contribution is 2.12. The molecule has 1 aromatic carbocycles. The van der Waals surface area contributed by atoms with E-state index in [-0.39, 0.29) is 0 Å². The first-order chi connectivity index (χ1) is 6.69. The van der Waals surface area contributed by atoms with Gasteiger partial charge in [-0.3, -0.25) is 10.4 Å². The lowest BCUT2D eigenvalue weighted by Crippen LogP contribution is -2.42. The Balaban J connectivity index is 2.89. The van der Waals surface area contributed by atoms with Crippen LogP contribution in [0, 0.1) is 6.92 Å². The highest BCUT2D eigenvalue weighted by Gasteiger charge is 2.05. The molecular weight excluding hydrogens is 176 g/mol. The summed E-state index contributed by atoms with van der Waals surface area (Å²) in [4.78, 5) is 5.90. The molecule has 0 saturated carbocycles. The molecule has 0 unspecified atom stereocenters. The minimum atomic E-state index is 0.633. The van der Waals surface area contributed by atoms with E-state index in [0.29, 0.717) is 5.96 Å². The standard InChI is InChI=1S/C10H16N4/c1-8-4-6-9(7-5-8)14(3)10(12-2)13-11/h4-7H,11H2,1-3H3,(H,12,13). The van der Waals surface area contributed by atoms with Gasteiger partial charge in [-0.15, -0.1) is 0 Å². The summed E-state index contributed by atoms with van der Waals surface area (Å²) in [5, 5.41) is 0. The van der Waals surface area contributed by atoms with E-state index in [0.717, 1.165) is 5.69 Å². The van der Waals surface area contributed by atoms with Crippen LogP contribution in [0.1, 0.15) is 5.56 Å². The fraction of sp³-hybridized carbons (Fsp3) is 0.300. The molecule has 1 aromatic rings. The SMILES string of the molecule is CN=C(NN)N(C)c1ccc(C)cc1. The number of guanidine groups is 1. The van der Waals surface area contributed by atoms with Crippen LogP contribution in [0.25, 0.3) is 0 Å². The fourth-order valence-electron chi connectivity index (χ4n) is 1.20. The molecule has 0 aliphatic carbocycles. The van der Waals surface area contributed by atoms with Gasteiger partial charge in [0.25, 0.3) is 0 Å². The Morgan fingerprint density at radius 3 is 2.36 bits per heavy atom. The predicted molar refractivity (Wildman–Crippen MR) is 60.3 cm³/mol. The van der Waals surface area contributed by atoms with E-state index >= 15 is 0 Å². The average molecular weight is 192 g/mol. The quantitative estimate of drug-likeness (QED) is 0.300. The molecule has 14 heavy (non-hydrogen) atoms. The van der Waals surface area contributed by atoms with Crippen molar-refractivity contribution in [2.24, 2.45) is 10.8 Å². The first-order valence-corrected chi connectivity index (χ1v) is 4.43. The molecule has 0 aliphatic rings. The maximum Gasteiger partial charge on any atom is 0.212 e. The van der Waals surface area contributed by atoms with Gasteiger partial charge in [-0.1, -0.05) is 17.7 Å². The molecule has 0 spiro atoms. The van der Waals surface area contributed by atoms with Crippen LogP contribution in [-0.4, -0.2) is 20.1 Å². The molecule has 0 amide bonds. The van der Waals surface area contributed by atoms with Gasteiger partial charge in [-0.25, -0.2) is 5.84 Å². The van der Waals surface area contributed by atoms with E-state index < -0.39 is 0 Å². The van der Waals surface area contributed by atoms with Crippen LogP contribution < -0.4 is 16.2 Å². The molecule has 0 saturated heterocycles. The van der Waals surface area contributed by atoms with Crippen molar-refractivity contribution in [1.29, 1.82) is 0 Å². The van der Waals surface area contributed by atoms with E-state index in [1.165, 1.54) is 5.56 Å². The van der Waals surface area contributed by atoms with E-state index in [4.69, 9.17) is 5.84 Å². The highest BCUT2D eigenvalue weighted by atomic mass is 15.4. The molecule has 0 atom stereocenters. The van der Waals surface area contributed by atoms with Crippen molar-refractivity contribution < 1.29 is 0 Å². The highest BCUT2D eigenvalue weighted by molar-refractivity contribution is 5.95. The number of hydrazine groups is 1. The molecule has 0 aromatic heterocycles. The molecule has 4 heteroatoms. The van der Waals surface area contributed by atoms with Crippen LogP contribution in [0.5, 0.6) is 0 Å². The number of nitrogens with two attached hydrogens (primary N) is 1. The van der Waals surface area contributed by atoms with Crippen molar-refractivity contribution >= 4 is 11.6 Å². The van der Waals surface area contributed by atoms with Crippen molar-refractivity contribution in [1.82, 2.24) is 5.43 Å². The fourth-order valence-corrected chi connectivity index (χ4v) is 1.20. The smallest absolute Gasteiger partial charge is 0.212 e. The Labute approximate surface area is 84.4 Å². The minimum Gasteiger partial charge on any atom is -0.315 e. The first-order valence-electron chi connectivity index (χ1n) is 4.43. The number of anilines is 1. The molecule has 4 nitrogen and oxygen atoms in total. The zero-order chi connectivity index (χ0) is 10.6. The summed E-state index contributed by atoms with van der Waals surface area (Å²) in [6.45, 7) is 2.06. The second-order valence-corrected chi connectivity index (χ2v) is 3.09. The molecule has 0 bridgehead atoms. The number of aryl methyl sites for hydroxylation is 1. The van der Waals surface area contributed by atoms with Crippen molar-refractivity contribution in [2.75, 3.05) is 19.0 Å². The summed E-state index contributed by atoms with van der Waals surface area (Å²) < 4.78 is 0. The van der Waals surface area contributed by atoms with Gasteiger partial charge in [0, 0.05) is 19.8 Å². The number of aliphatic imine (C=N–C) groups is 1. The van der Waals surface area contributed by atoms with Gasteiger partial charge in [0.05, 0.1) is 0 Å². The number of hydrogen-bond acceptors (Lipinski definition) is 2. The molecule has 0 fully saturated rings. The molecule has 0 heterocycles. The van der Waals surface area contributed by atoms with Crippen molar-refractivity contribution in [3.05, 3.63) is 29.8 Å². The largest absolute Gasteiger partial charge is 0.315 e. The van der Waals surface area contributed by atoms with Crippen LogP contribution in [0.2, 0.25) is 0 Å². The second-order valence-electron chi connectivity index (χ2n) is 3.09. The first kappa shape index (κ1) is 10.5. The van der Waals surface area contributed by atoms with E-state index in [1.54, 1.807) is 7.05 Å². The molecule has 1 rings (SSSR count). The van der Waals surface area contributed by atoms with Gasteiger partial charge in [0.1, 0.15) is 0 Å². The third kappa shape index (κ3) is 2.23. The van der Waals surface area contributed by atoms with Gasteiger partial charge < -0.3 is 4.90 Å². The Kier molecular flexibility index (Phi) is 3.48. The monoisotopic (exact) mass is 192 g/mol. The summed E-state index contributed by atoms with van der Waals surface area (Å²) in [5.74, 6) is 5.96. The lowest BCUT2D eigenvalue weighted by atomic mass is 10.2. The zero-order valence-corrected chi connectivity index (χ0v) is 8.78.